The number of ether oxygens (including phenoxy) is 1. The van der Waals surface area contributed by atoms with Crippen LogP contribution in [0.25, 0.3) is 0 Å². The second kappa shape index (κ2) is 6.72. The number of nitrogens with two attached hydrogens (primary N) is 1. The van der Waals surface area contributed by atoms with Crippen LogP contribution >= 0.6 is 0 Å². The molecule has 0 amide bonds. The average Bonchev–Trinajstić information content (AvgIpc) is 2.34. The highest BCUT2D eigenvalue weighted by Crippen LogP contribution is 2.19. The van der Waals surface area contributed by atoms with Crippen molar-refractivity contribution < 1.29 is 13.2 Å². The first-order valence-electron chi connectivity index (χ1n) is 5.84. The molecule has 1 aromatic rings. The number of primary sulfonamides is 1. The quantitative estimate of drug-likeness (QED) is 0.776. The van der Waals surface area contributed by atoms with Crippen molar-refractivity contribution in [1.29, 1.82) is 0 Å². The Balaban J connectivity index is 2.59. The Morgan fingerprint density at radius 1 is 1.33 bits per heavy atom. The standard InChI is InChI=1S/C12H20N2O3S/c1-3-12(14-8-9-18(13,15)16)10-4-6-11(17-2)7-5-10/h4-7,12,14H,3,8-9H2,1-2H3,(H2,13,15,16). The van der Waals surface area contributed by atoms with Crippen LogP contribution in [0.15, 0.2) is 24.3 Å². The lowest BCUT2D eigenvalue weighted by molar-refractivity contribution is 0.414. The lowest BCUT2D eigenvalue weighted by Gasteiger charge is -2.17. The highest BCUT2D eigenvalue weighted by molar-refractivity contribution is 7.89. The van der Waals surface area contributed by atoms with Crippen LogP contribution in [0.3, 0.4) is 0 Å². The maximum absolute atomic E-state index is 10.8. The normalized spacial score (nSPS) is 13.3. The van der Waals surface area contributed by atoms with Gasteiger partial charge in [-0.25, -0.2) is 13.6 Å². The molecular formula is C12H20N2O3S. The summed E-state index contributed by atoms with van der Waals surface area (Å²) in [5, 5.41) is 8.14. The number of methoxy groups -OCH3 is 1. The first-order valence-corrected chi connectivity index (χ1v) is 7.55. The lowest BCUT2D eigenvalue weighted by atomic mass is 10.0. The number of benzene rings is 1. The fourth-order valence-corrected chi connectivity index (χ4v) is 2.11. The Bertz CT molecular complexity index is 457. The minimum absolute atomic E-state index is 0.0559. The van der Waals surface area contributed by atoms with E-state index in [0.29, 0.717) is 6.54 Å². The van der Waals surface area contributed by atoms with Gasteiger partial charge in [-0.3, -0.25) is 0 Å². The summed E-state index contributed by atoms with van der Waals surface area (Å²) in [6, 6.07) is 7.84. The molecule has 0 aromatic heterocycles. The fourth-order valence-electron chi connectivity index (χ4n) is 1.71. The van der Waals surface area contributed by atoms with Crippen LogP contribution in [0.1, 0.15) is 24.9 Å². The molecule has 3 N–H and O–H groups in total. The first kappa shape index (κ1) is 14.9. The highest BCUT2D eigenvalue weighted by Gasteiger charge is 2.10. The van der Waals surface area contributed by atoms with Crippen LogP contribution in [0.5, 0.6) is 5.75 Å². The molecule has 1 aromatic carbocycles. The predicted molar refractivity (Wildman–Crippen MR) is 72.0 cm³/mol. The summed E-state index contributed by atoms with van der Waals surface area (Å²) in [5.41, 5.74) is 1.10. The molecule has 0 bridgehead atoms. The monoisotopic (exact) mass is 272 g/mol. The van der Waals surface area contributed by atoms with Crippen molar-refractivity contribution >= 4 is 10.0 Å². The van der Waals surface area contributed by atoms with E-state index in [1.165, 1.54) is 0 Å². The van der Waals surface area contributed by atoms with Crippen LogP contribution in [-0.4, -0.2) is 27.8 Å². The Labute approximate surface area is 108 Å². The minimum Gasteiger partial charge on any atom is -0.497 e. The number of rotatable bonds is 7. The van der Waals surface area contributed by atoms with Gasteiger partial charge < -0.3 is 10.1 Å². The van der Waals surface area contributed by atoms with Gasteiger partial charge in [0, 0.05) is 12.6 Å². The topological polar surface area (TPSA) is 81.4 Å². The molecule has 1 unspecified atom stereocenters. The van der Waals surface area contributed by atoms with Gasteiger partial charge in [-0.15, -0.1) is 0 Å². The van der Waals surface area contributed by atoms with Crippen molar-refractivity contribution in [2.45, 2.75) is 19.4 Å². The van der Waals surface area contributed by atoms with E-state index in [1.807, 2.05) is 31.2 Å². The second-order valence-electron chi connectivity index (χ2n) is 4.06. The molecule has 0 aliphatic carbocycles. The number of nitrogens with one attached hydrogen (secondary N) is 1. The van der Waals surface area contributed by atoms with Gasteiger partial charge >= 0.3 is 0 Å². The molecule has 102 valence electrons. The van der Waals surface area contributed by atoms with Gasteiger partial charge in [-0.2, -0.15) is 0 Å². The van der Waals surface area contributed by atoms with Crippen molar-refractivity contribution in [3.05, 3.63) is 29.8 Å². The largest absolute Gasteiger partial charge is 0.497 e. The number of sulfonamides is 1. The summed E-state index contributed by atoms with van der Waals surface area (Å²) in [6.07, 6.45) is 0.872. The summed E-state index contributed by atoms with van der Waals surface area (Å²) >= 11 is 0. The third kappa shape index (κ3) is 5.03. The van der Waals surface area contributed by atoms with Crippen molar-refractivity contribution in [2.24, 2.45) is 5.14 Å². The molecule has 0 fully saturated rings. The smallest absolute Gasteiger partial charge is 0.210 e. The van der Waals surface area contributed by atoms with E-state index < -0.39 is 10.0 Å². The molecule has 18 heavy (non-hydrogen) atoms. The Morgan fingerprint density at radius 2 is 1.94 bits per heavy atom. The van der Waals surface area contributed by atoms with Crippen LogP contribution in [0.4, 0.5) is 0 Å². The van der Waals surface area contributed by atoms with Crippen LogP contribution in [0.2, 0.25) is 0 Å². The van der Waals surface area contributed by atoms with E-state index in [4.69, 9.17) is 9.88 Å². The predicted octanol–water partition coefficient (Wildman–Crippen LogP) is 1.02. The molecule has 0 aliphatic rings. The molecule has 6 heteroatoms. The molecule has 0 aliphatic heterocycles. The van der Waals surface area contributed by atoms with Gasteiger partial charge in [0.25, 0.3) is 0 Å². The maximum Gasteiger partial charge on any atom is 0.210 e. The third-order valence-electron chi connectivity index (χ3n) is 2.70. The zero-order chi connectivity index (χ0) is 13.6. The fraction of sp³-hybridized carbons (Fsp3) is 0.500. The SMILES string of the molecule is CCC(NCCS(N)(=O)=O)c1ccc(OC)cc1. The molecule has 0 heterocycles. The van der Waals surface area contributed by atoms with Crippen LogP contribution in [-0.2, 0) is 10.0 Å². The van der Waals surface area contributed by atoms with E-state index in [1.54, 1.807) is 7.11 Å². The zero-order valence-electron chi connectivity index (χ0n) is 10.7. The third-order valence-corrected chi connectivity index (χ3v) is 3.48. The Morgan fingerprint density at radius 3 is 2.39 bits per heavy atom. The van der Waals surface area contributed by atoms with Gasteiger partial charge in [0.2, 0.25) is 10.0 Å². The second-order valence-corrected chi connectivity index (χ2v) is 5.79. The molecule has 1 atom stereocenters. The van der Waals surface area contributed by atoms with E-state index in [9.17, 15) is 8.42 Å². The molecule has 5 nitrogen and oxygen atoms in total. The first-order chi connectivity index (χ1) is 8.46. The molecule has 0 saturated carbocycles. The van der Waals surface area contributed by atoms with Crippen LogP contribution < -0.4 is 15.2 Å². The minimum atomic E-state index is -3.40. The number of hydrogen-bond donors (Lipinski definition) is 2. The molecule has 0 saturated heterocycles. The zero-order valence-corrected chi connectivity index (χ0v) is 11.5. The summed E-state index contributed by atoms with van der Waals surface area (Å²) in [7, 11) is -1.78. The maximum atomic E-state index is 10.8. The molecule has 0 spiro atoms. The van der Waals surface area contributed by atoms with E-state index in [-0.39, 0.29) is 11.8 Å². The van der Waals surface area contributed by atoms with E-state index in [2.05, 4.69) is 5.32 Å². The van der Waals surface area contributed by atoms with Crippen molar-refractivity contribution in [1.82, 2.24) is 5.32 Å². The molecule has 0 radical (unpaired) electrons. The van der Waals surface area contributed by atoms with Crippen molar-refractivity contribution in [3.8, 4) is 5.75 Å². The lowest BCUT2D eigenvalue weighted by Crippen LogP contribution is -2.29. The Kier molecular flexibility index (Phi) is 5.58. The number of hydrogen-bond acceptors (Lipinski definition) is 4. The highest BCUT2D eigenvalue weighted by atomic mass is 32.2. The van der Waals surface area contributed by atoms with Gasteiger partial charge in [0.1, 0.15) is 5.75 Å². The van der Waals surface area contributed by atoms with Crippen molar-refractivity contribution in [2.75, 3.05) is 19.4 Å². The molecular weight excluding hydrogens is 252 g/mol. The van der Waals surface area contributed by atoms with E-state index in [0.717, 1.165) is 17.7 Å². The van der Waals surface area contributed by atoms with Crippen molar-refractivity contribution in [3.63, 3.8) is 0 Å². The van der Waals surface area contributed by atoms with E-state index >= 15 is 0 Å². The van der Waals surface area contributed by atoms with Gasteiger partial charge in [0.15, 0.2) is 0 Å². The average molecular weight is 272 g/mol. The van der Waals surface area contributed by atoms with Crippen LogP contribution in [0, 0.1) is 0 Å². The van der Waals surface area contributed by atoms with Gasteiger partial charge in [-0.05, 0) is 24.1 Å². The summed E-state index contributed by atoms with van der Waals surface area (Å²) in [6.45, 7) is 2.39. The summed E-state index contributed by atoms with van der Waals surface area (Å²) in [5.74, 6) is 0.748. The summed E-state index contributed by atoms with van der Waals surface area (Å²) < 4.78 is 26.8. The Hall–Kier alpha value is -1.11. The molecule has 1 rings (SSSR count). The summed E-state index contributed by atoms with van der Waals surface area (Å²) in [4.78, 5) is 0. The van der Waals surface area contributed by atoms with Gasteiger partial charge in [0.05, 0.1) is 12.9 Å². The van der Waals surface area contributed by atoms with Gasteiger partial charge in [-0.1, -0.05) is 19.1 Å².